The van der Waals surface area contributed by atoms with Crippen LogP contribution < -0.4 is 0 Å². The molecular weight excluding hydrogens is 230 g/mol. The Morgan fingerprint density at radius 3 is 2.67 bits per heavy atom. The Morgan fingerprint density at radius 2 is 2.17 bits per heavy atom. The first-order valence-corrected chi connectivity index (χ1v) is 6.70. The van der Waals surface area contributed by atoms with E-state index in [1.807, 2.05) is 18.7 Å². The second-order valence-corrected chi connectivity index (χ2v) is 5.09. The SMILES string of the molecule is CC[C@@H](C)C(=O)N1CCC(c2nc(C)no2)CC1. The Labute approximate surface area is 108 Å². The lowest BCUT2D eigenvalue weighted by Gasteiger charge is -2.32. The van der Waals surface area contributed by atoms with Gasteiger partial charge in [-0.2, -0.15) is 4.98 Å². The topological polar surface area (TPSA) is 59.2 Å². The van der Waals surface area contributed by atoms with Crippen LogP contribution in [-0.4, -0.2) is 34.0 Å². The van der Waals surface area contributed by atoms with Gasteiger partial charge in [0.1, 0.15) is 0 Å². The summed E-state index contributed by atoms with van der Waals surface area (Å²) in [5.74, 6) is 2.13. The summed E-state index contributed by atoms with van der Waals surface area (Å²) >= 11 is 0. The van der Waals surface area contributed by atoms with Gasteiger partial charge in [0.2, 0.25) is 11.8 Å². The molecule has 0 N–H and O–H groups in total. The van der Waals surface area contributed by atoms with E-state index in [1.165, 1.54) is 0 Å². The van der Waals surface area contributed by atoms with Gasteiger partial charge in [-0.05, 0) is 26.2 Å². The molecule has 2 heterocycles. The molecule has 0 unspecified atom stereocenters. The number of nitrogens with zero attached hydrogens (tertiary/aromatic N) is 3. The lowest BCUT2D eigenvalue weighted by molar-refractivity contribution is -0.136. The molecule has 5 heteroatoms. The summed E-state index contributed by atoms with van der Waals surface area (Å²) < 4.78 is 5.20. The Morgan fingerprint density at radius 1 is 1.50 bits per heavy atom. The van der Waals surface area contributed by atoms with Crippen LogP contribution in [-0.2, 0) is 4.79 Å². The van der Waals surface area contributed by atoms with Crippen molar-refractivity contribution in [3.8, 4) is 0 Å². The van der Waals surface area contributed by atoms with Crippen molar-refractivity contribution in [3.63, 3.8) is 0 Å². The molecule has 1 saturated heterocycles. The van der Waals surface area contributed by atoms with Crippen LogP contribution in [0.4, 0.5) is 0 Å². The first kappa shape index (κ1) is 13.1. The summed E-state index contributed by atoms with van der Waals surface area (Å²) in [7, 11) is 0. The molecule has 0 bridgehead atoms. The first-order valence-electron chi connectivity index (χ1n) is 6.70. The van der Waals surface area contributed by atoms with E-state index in [0.717, 1.165) is 38.2 Å². The van der Waals surface area contributed by atoms with Gasteiger partial charge in [-0.15, -0.1) is 0 Å². The highest BCUT2D eigenvalue weighted by molar-refractivity contribution is 5.78. The number of rotatable bonds is 3. The molecule has 1 aliphatic rings. The Balaban J connectivity index is 1.90. The molecule has 18 heavy (non-hydrogen) atoms. The van der Waals surface area contributed by atoms with Crippen LogP contribution in [0.1, 0.15) is 50.7 Å². The number of hydrogen-bond acceptors (Lipinski definition) is 4. The quantitative estimate of drug-likeness (QED) is 0.825. The van der Waals surface area contributed by atoms with Gasteiger partial charge in [0, 0.05) is 24.9 Å². The summed E-state index contributed by atoms with van der Waals surface area (Å²) in [4.78, 5) is 18.3. The molecule has 5 nitrogen and oxygen atoms in total. The second-order valence-electron chi connectivity index (χ2n) is 5.09. The van der Waals surface area contributed by atoms with E-state index < -0.39 is 0 Å². The van der Waals surface area contributed by atoms with E-state index in [0.29, 0.717) is 11.7 Å². The third-order valence-electron chi connectivity index (χ3n) is 3.73. The molecular formula is C13H21N3O2. The number of hydrogen-bond donors (Lipinski definition) is 0. The highest BCUT2D eigenvalue weighted by Gasteiger charge is 2.28. The van der Waals surface area contributed by atoms with E-state index in [9.17, 15) is 4.79 Å². The minimum absolute atomic E-state index is 0.132. The van der Waals surface area contributed by atoms with Crippen LogP contribution in [0.15, 0.2) is 4.52 Å². The predicted octanol–water partition coefficient (Wildman–Crippen LogP) is 2.13. The molecule has 1 aromatic rings. The molecule has 100 valence electrons. The van der Waals surface area contributed by atoms with Crippen LogP contribution in [0.5, 0.6) is 0 Å². The number of likely N-dealkylation sites (tertiary alicyclic amines) is 1. The molecule has 0 aromatic carbocycles. The van der Waals surface area contributed by atoms with Gasteiger partial charge in [-0.1, -0.05) is 19.0 Å². The highest BCUT2D eigenvalue weighted by Crippen LogP contribution is 2.27. The maximum Gasteiger partial charge on any atom is 0.229 e. The van der Waals surface area contributed by atoms with Gasteiger partial charge in [-0.3, -0.25) is 4.79 Å². The summed E-state index contributed by atoms with van der Waals surface area (Å²) in [6.45, 7) is 7.48. The van der Waals surface area contributed by atoms with Gasteiger partial charge >= 0.3 is 0 Å². The number of piperidine rings is 1. The third kappa shape index (κ3) is 2.71. The van der Waals surface area contributed by atoms with Crippen molar-refractivity contribution < 1.29 is 9.32 Å². The summed E-state index contributed by atoms with van der Waals surface area (Å²) in [5.41, 5.74) is 0. The minimum atomic E-state index is 0.132. The molecule has 1 aliphatic heterocycles. The van der Waals surface area contributed by atoms with Crippen molar-refractivity contribution in [2.24, 2.45) is 5.92 Å². The molecule has 0 aliphatic carbocycles. The highest BCUT2D eigenvalue weighted by atomic mass is 16.5. The standard InChI is InChI=1S/C13H21N3O2/c1-4-9(2)13(17)16-7-5-11(6-8-16)12-14-10(3)15-18-12/h9,11H,4-8H2,1-3H3/t9-/m1/s1. The largest absolute Gasteiger partial charge is 0.342 e. The van der Waals surface area contributed by atoms with E-state index in [4.69, 9.17) is 4.52 Å². The van der Waals surface area contributed by atoms with Gasteiger partial charge < -0.3 is 9.42 Å². The fourth-order valence-electron chi connectivity index (χ4n) is 2.31. The summed E-state index contributed by atoms with van der Waals surface area (Å²) in [6.07, 6.45) is 2.75. The molecule has 1 amide bonds. The zero-order chi connectivity index (χ0) is 13.1. The van der Waals surface area contributed by atoms with Crippen LogP contribution in [0.2, 0.25) is 0 Å². The zero-order valence-corrected chi connectivity index (χ0v) is 11.3. The van der Waals surface area contributed by atoms with Gasteiger partial charge in [0.25, 0.3) is 0 Å². The summed E-state index contributed by atoms with van der Waals surface area (Å²) in [5, 5.41) is 3.82. The average Bonchev–Trinajstić information content (AvgIpc) is 2.84. The second kappa shape index (κ2) is 5.50. The number of aryl methyl sites for hydroxylation is 1. The number of carbonyl (C=O) groups is 1. The van der Waals surface area contributed by atoms with Gasteiger partial charge in [-0.25, -0.2) is 0 Å². The molecule has 0 saturated carbocycles. The Hall–Kier alpha value is -1.39. The fourth-order valence-corrected chi connectivity index (χ4v) is 2.31. The van der Waals surface area contributed by atoms with Crippen LogP contribution >= 0.6 is 0 Å². The normalized spacial score (nSPS) is 18.9. The van der Waals surface area contributed by atoms with Gasteiger partial charge in [0.05, 0.1) is 0 Å². The van der Waals surface area contributed by atoms with Crippen molar-refractivity contribution in [1.29, 1.82) is 0 Å². The molecule has 1 atom stereocenters. The minimum Gasteiger partial charge on any atom is -0.342 e. The number of amides is 1. The van der Waals surface area contributed by atoms with Crippen molar-refractivity contribution in [1.82, 2.24) is 15.0 Å². The molecule has 0 spiro atoms. The van der Waals surface area contributed by atoms with Crippen molar-refractivity contribution in [3.05, 3.63) is 11.7 Å². The number of aromatic nitrogens is 2. The van der Waals surface area contributed by atoms with E-state index in [1.54, 1.807) is 0 Å². The van der Waals surface area contributed by atoms with E-state index in [2.05, 4.69) is 17.1 Å². The average molecular weight is 251 g/mol. The van der Waals surface area contributed by atoms with E-state index in [-0.39, 0.29) is 11.8 Å². The van der Waals surface area contributed by atoms with Gasteiger partial charge in [0.15, 0.2) is 5.82 Å². The van der Waals surface area contributed by atoms with E-state index >= 15 is 0 Å². The Kier molecular flexibility index (Phi) is 3.99. The molecule has 2 rings (SSSR count). The van der Waals surface area contributed by atoms with Crippen LogP contribution in [0.3, 0.4) is 0 Å². The zero-order valence-electron chi connectivity index (χ0n) is 11.3. The first-order chi connectivity index (χ1) is 8.61. The summed E-state index contributed by atoms with van der Waals surface area (Å²) in [6, 6.07) is 0. The van der Waals surface area contributed by atoms with Crippen molar-refractivity contribution >= 4 is 5.91 Å². The monoisotopic (exact) mass is 251 g/mol. The molecule has 0 radical (unpaired) electrons. The predicted molar refractivity (Wildman–Crippen MR) is 67.0 cm³/mol. The maximum atomic E-state index is 12.1. The number of carbonyl (C=O) groups excluding carboxylic acids is 1. The lowest BCUT2D eigenvalue weighted by atomic mass is 9.95. The Bertz CT molecular complexity index is 408. The lowest BCUT2D eigenvalue weighted by Crippen LogP contribution is -2.40. The van der Waals surface area contributed by atoms with Crippen LogP contribution in [0.25, 0.3) is 0 Å². The maximum absolute atomic E-state index is 12.1. The smallest absolute Gasteiger partial charge is 0.229 e. The molecule has 1 aromatic heterocycles. The van der Waals surface area contributed by atoms with Crippen molar-refractivity contribution in [2.75, 3.05) is 13.1 Å². The van der Waals surface area contributed by atoms with Crippen molar-refractivity contribution in [2.45, 2.75) is 46.0 Å². The molecule has 1 fully saturated rings. The third-order valence-corrected chi connectivity index (χ3v) is 3.73. The fraction of sp³-hybridized carbons (Fsp3) is 0.769. The van der Waals surface area contributed by atoms with Crippen LogP contribution in [0, 0.1) is 12.8 Å².